The number of benzene rings is 1. The molecule has 24 heavy (non-hydrogen) atoms. The standard InChI is InChI=1S/C17H14ClN3O3/c1-2-21-9-12(15(23)11-8-10(18)5-6-13(11)21)17(24)20-16-14(22)4-3-7-19-16/h3-9,22H,2H2,1H3,(H,19,20,24). The second kappa shape index (κ2) is 6.33. The molecule has 0 aliphatic heterocycles. The molecule has 0 saturated carbocycles. The molecule has 0 radical (unpaired) electrons. The number of halogens is 1. The zero-order chi connectivity index (χ0) is 17.3. The predicted molar refractivity (Wildman–Crippen MR) is 92.7 cm³/mol. The molecule has 7 heteroatoms. The third-order valence-electron chi connectivity index (χ3n) is 3.65. The maximum atomic E-state index is 12.6. The van der Waals surface area contributed by atoms with E-state index in [-0.39, 0.29) is 17.1 Å². The summed E-state index contributed by atoms with van der Waals surface area (Å²) in [5.41, 5.74) is 0.228. The molecular formula is C17H14ClN3O3. The van der Waals surface area contributed by atoms with E-state index >= 15 is 0 Å². The van der Waals surface area contributed by atoms with E-state index in [1.165, 1.54) is 24.5 Å². The van der Waals surface area contributed by atoms with Crippen LogP contribution in [0.15, 0.2) is 47.5 Å². The summed E-state index contributed by atoms with van der Waals surface area (Å²) < 4.78 is 1.79. The summed E-state index contributed by atoms with van der Waals surface area (Å²) in [6.45, 7) is 2.48. The van der Waals surface area contributed by atoms with Crippen LogP contribution in [0.3, 0.4) is 0 Å². The third-order valence-corrected chi connectivity index (χ3v) is 3.88. The molecule has 122 valence electrons. The van der Waals surface area contributed by atoms with E-state index in [4.69, 9.17) is 11.6 Å². The first-order chi connectivity index (χ1) is 11.5. The Hall–Kier alpha value is -2.86. The van der Waals surface area contributed by atoms with E-state index in [0.717, 1.165) is 0 Å². The Morgan fingerprint density at radius 3 is 2.88 bits per heavy atom. The van der Waals surface area contributed by atoms with Crippen molar-refractivity contribution >= 4 is 34.2 Å². The minimum Gasteiger partial charge on any atom is -0.504 e. The highest BCUT2D eigenvalue weighted by atomic mass is 35.5. The lowest BCUT2D eigenvalue weighted by molar-refractivity contribution is 0.102. The largest absolute Gasteiger partial charge is 0.504 e. The lowest BCUT2D eigenvalue weighted by atomic mass is 10.1. The smallest absolute Gasteiger partial charge is 0.262 e. The van der Waals surface area contributed by atoms with Gasteiger partial charge in [0, 0.05) is 29.3 Å². The number of aromatic hydroxyl groups is 1. The van der Waals surface area contributed by atoms with Gasteiger partial charge in [-0.05, 0) is 37.3 Å². The molecule has 0 atom stereocenters. The lowest BCUT2D eigenvalue weighted by Crippen LogP contribution is -2.24. The highest BCUT2D eigenvalue weighted by Gasteiger charge is 2.17. The van der Waals surface area contributed by atoms with Crippen LogP contribution in [0.25, 0.3) is 10.9 Å². The Morgan fingerprint density at radius 2 is 2.17 bits per heavy atom. The molecule has 6 nitrogen and oxygen atoms in total. The van der Waals surface area contributed by atoms with Crippen LogP contribution in [-0.4, -0.2) is 20.6 Å². The van der Waals surface area contributed by atoms with Gasteiger partial charge in [0.15, 0.2) is 11.6 Å². The van der Waals surface area contributed by atoms with Gasteiger partial charge in [0.25, 0.3) is 5.91 Å². The van der Waals surface area contributed by atoms with Gasteiger partial charge in [-0.3, -0.25) is 9.59 Å². The van der Waals surface area contributed by atoms with Gasteiger partial charge < -0.3 is 15.0 Å². The van der Waals surface area contributed by atoms with Crippen LogP contribution in [0.2, 0.25) is 5.02 Å². The van der Waals surface area contributed by atoms with Crippen LogP contribution in [0.5, 0.6) is 5.75 Å². The van der Waals surface area contributed by atoms with Gasteiger partial charge in [-0.1, -0.05) is 11.6 Å². The van der Waals surface area contributed by atoms with Gasteiger partial charge in [0.2, 0.25) is 5.43 Å². The van der Waals surface area contributed by atoms with Crippen molar-refractivity contribution in [1.29, 1.82) is 0 Å². The molecule has 3 aromatic rings. The normalized spacial score (nSPS) is 10.8. The summed E-state index contributed by atoms with van der Waals surface area (Å²) in [5, 5.41) is 12.9. The zero-order valence-electron chi connectivity index (χ0n) is 12.8. The average Bonchev–Trinajstić information content (AvgIpc) is 2.57. The molecule has 2 N–H and O–H groups in total. The van der Waals surface area contributed by atoms with Gasteiger partial charge in [0.1, 0.15) is 5.56 Å². The number of anilines is 1. The minimum absolute atomic E-state index is 0.00357. The number of nitrogens with one attached hydrogen (secondary N) is 1. The molecule has 0 saturated heterocycles. The van der Waals surface area contributed by atoms with Crippen molar-refractivity contribution in [2.24, 2.45) is 0 Å². The molecule has 0 bridgehead atoms. The number of carbonyl (C=O) groups is 1. The van der Waals surface area contributed by atoms with E-state index < -0.39 is 11.3 Å². The van der Waals surface area contributed by atoms with Crippen LogP contribution in [0.1, 0.15) is 17.3 Å². The molecule has 1 amide bonds. The van der Waals surface area contributed by atoms with Crippen LogP contribution in [0.4, 0.5) is 5.82 Å². The molecule has 2 aromatic heterocycles. The monoisotopic (exact) mass is 343 g/mol. The van der Waals surface area contributed by atoms with E-state index in [0.29, 0.717) is 22.5 Å². The van der Waals surface area contributed by atoms with E-state index in [9.17, 15) is 14.7 Å². The van der Waals surface area contributed by atoms with Crippen molar-refractivity contribution in [2.45, 2.75) is 13.5 Å². The summed E-state index contributed by atoms with van der Waals surface area (Å²) in [6.07, 6.45) is 2.92. The second-order valence-electron chi connectivity index (χ2n) is 5.14. The number of carbonyl (C=O) groups excluding carboxylic acids is 1. The minimum atomic E-state index is -0.641. The fraction of sp³-hybridized carbons (Fsp3) is 0.118. The molecule has 3 rings (SSSR count). The summed E-state index contributed by atoms with van der Waals surface area (Å²) in [4.78, 5) is 29.0. The van der Waals surface area contributed by atoms with Crippen LogP contribution in [0, 0.1) is 0 Å². The van der Waals surface area contributed by atoms with Crippen molar-refractivity contribution in [3.63, 3.8) is 0 Å². The van der Waals surface area contributed by atoms with E-state index in [1.54, 1.807) is 22.8 Å². The van der Waals surface area contributed by atoms with Crippen LogP contribution < -0.4 is 10.7 Å². The molecule has 0 aliphatic rings. The van der Waals surface area contributed by atoms with Gasteiger partial charge in [-0.25, -0.2) is 4.98 Å². The van der Waals surface area contributed by atoms with Gasteiger partial charge in [-0.2, -0.15) is 0 Å². The Balaban J connectivity index is 2.12. The number of fused-ring (bicyclic) bond motifs is 1. The number of aryl methyl sites for hydroxylation is 1. The maximum absolute atomic E-state index is 12.6. The Morgan fingerprint density at radius 1 is 1.38 bits per heavy atom. The van der Waals surface area contributed by atoms with Crippen molar-refractivity contribution in [1.82, 2.24) is 9.55 Å². The number of hydrogen-bond donors (Lipinski definition) is 2. The number of hydrogen-bond acceptors (Lipinski definition) is 4. The van der Waals surface area contributed by atoms with Crippen molar-refractivity contribution in [3.05, 3.63) is 63.5 Å². The maximum Gasteiger partial charge on any atom is 0.262 e. The van der Waals surface area contributed by atoms with E-state index in [2.05, 4.69) is 10.3 Å². The Labute approximate surface area is 142 Å². The van der Waals surface area contributed by atoms with E-state index in [1.807, 2.05) is 6.92 Å². The van der Waals surface area contributed by atoms with Crippen molar-refractivity contribution in [3.8, 4) is 5.75 Å². The van der Waals surface area contributed by atoms with Gasteiger partial charge >= 0.3 is 0 Å². The molecule has 1 aromatic carbocycles. The van der Waals surface area contributed by atoms with Crippen LogP contribution in [-0.2, 0) is 6.54 Å². The Kier molecular flexibility index (Phi) is 4.22. The molecule has 0 fully saturated rings. The van der Waals surface area contributed by atoms with Gasteiger partial charge in [-0.15, -0.1) is 0 Å². The fourth-order valence-electron chi connectivity index (χ4n) is 2.46. The average molecular weight is 344 g/mol. The summed E-state index contributed by atoms with van der Waals surface area (Å²) in [7, 11) is 0. The van der Waals surface area contributed by atoms with Crippen molar-refractivity contribution in [2.75, 3.05) is 5.32 Å². The topological polar surface area (TPSA) is 84.2 Å². The first-order valence-electron chi connectivity index (χ1n) is 7.29. The summed E-state index contributed by atoms with van der Waals surface area (Å²) in [5.74, 6) is -0.820. The number of amides is 1. The Bertz CT molecular complexity index is 998. The quantitative estimate of drug-likeness (QED) is 0.765. The number of pyridine rings is 2. The summed E-state index contributed by atoms with van der Waals surface area (Å²) in [6, 6.07) is 7.91. The second-order valence-corrected chi connectivity index (χ2v) is 5.58. The highest BCUT2D eigenvalue weighted by Crippen LogP contribution is 2.20. The number of nitrogens with zero attached hydrogens (tertiary/aromatic N) is 2. The molecule has 0 spiro atoms. The van der Waals surface area contributed by atoms with Gasteiger partial charge in [0.05, 0.1) is 5.52 Å². The van der Waals surface area contributed by atoms with Crippen LogP contribution >= 0.6 is 11.6 Å². The summed E-state index contributed by atoms with van der Waals surface area (Å²) >= 11 is 5.98. The zero-order valence-corrected chi connectivity index (χ0v) is 13.5. The SMILES string of the molecule is CCn1cc(C(=O)Nc2ncccc2O)c(=O)c2cc(Cl)ccc21. The first kappa shape index (κ1) is 16.0. The predicted octanol–water partition coefficient (Wildman–Crippen LogP) is 3.03. The third kappa shape index (κ3) is 2.83. The molecule has 2 heterocycles. The first-order valence-corrected chi connectivity index (χ1v) is 7.67. The molecule has 0 aliphatic carbocycles. The number of aromatic nitrogens is 2. The fourth-order valence-corrected chi connectivity index (χ4v) is 2.63. The highest BCUT2D eigenvalue weighted by molar-refractivity contribution is 6.31. The lowest BCUT2D eigenvalue weighted by Gasteiger charge is -2.12. The number of rotatable bonds is 3. The molecule has 0 unspecified atom stereocenters. The van der Waals surface area contributed by atoms with Crippen molar-refractivity contribution < 1.29 is 9.90 Å². The molecular weight excluding hydrogens is 330 g/mol.